The molecule has 0 aliphatic carbocycles. The summed E-state index contributed by atoms with van der Waals surface area (Å²) in [5.41, 5.74) is 1.71. The summed E-state index contributed by atoms with van der Waals surface area (Å²) in [6, 6.07) is 18.6. The van der Waals surface area contributed by atoms with Gasteiger partial charge in [0.15, 0.2) is 0 Å². The van der Waals surface area contributed by atoms with Crippen molar-refractivity contribution in [2.24, 2.45) is 0 Å². The summed E-state index contributed by atoms with van der Waals surface area (Å²) in [5.74, 6) is -0.311. The van der Waals surface area contributed by atoms with Gasteiger partial charge in [0.05, 0.1) is 12.3 Å². The number of nitrogens with one attached hydrogen (secondary N) is 1. The van der Waals surface area contributed by atoms with Gasteiger partial charge in [0.25, 0.3) is 0 Å². The number of sulfonamides is 1. The first-order chi connectivity index (χ1) is 11.5. The van der Waals surface area contributed by atoms with Gasteiger partial charge in [-0.3, -0.25) is 4.79 Å². The summed E-state index contributed by atoms with van der Waals surface area (Å²) in [5, 5.41) is 0. The lowest BCUT2D eigenvalue weighted by Crippen LogP contribution is -2.41. The van der Waals surface area contributed by atoms with Crippen LogP contribution in [0.3, 0.4) is 0 Å². The second-order valence-corrected chi connectivity index (χ2v) is 7.28. The van der Waals surface area contributed by atoms with Crippen LogP contribution < -0.4 is 9.62 Å². The lowest BCUT2D eigenvalue weighted by atomic mass is 10.2. The van der Waals surface area contributed by atoms with Crippen molar-refractivity contribution in [1.29, 1.82) is 0 Å². The van der Waals surface area contributed by atoms with Crippen molar-refractivity contribution in [3.63, 3.8) is 0 Å². The van der Waals surface area contributed by atoms with E-state index in [-0.39, 0.29) is 18.2 Å². The molecule has 0 saturated carbocycles. The molecule has 0 aromatic heterocycles. The molecule has 1 N–H and O–H groups in total. The van der Waals surface area contributed by atoms with Gasteiger partial charge in [0, 0.05) is 12.2 Å². The number of nitrogens with zero attached hydrogens (tertiary/aromatic N) is 1. The second kappa shape index (κ2) is 8.61. The number of anilines is 1. The molecule has 0 aliphatic heterocycles. The molecule has 0 saturated heterocycles. The van der Waals surface area contributed by atoms with Crippen LogP contribution in [0.25, 0.3) is 0 Å². The van der Waals surface area contributed by atoms with E-state index in [1.165, 1.54) is 0 Å². The smallest absolute Gasteiger partial charge is 0.242 e. The van der Waals surface area contributed by atoms with Gasteiger partial charge in [-0.2, -0.15) is 0 Å². The number of aryl methyl sites for hydroxylation is 1. The topological polar surface area (TPSA) is 66.5 Å². The third-order valence-electron chi connectivity index (χ3n) is 3.63. The molecular weight excluding hydrogens is 324 g/mol. The number of amides is 1. The number of carbonyl (C=O) groups excluding carboxylic acids is 1. The normalized spacial score (nSPS) is 11.2. The Morgan fingerprint density at radius 3 is 2.17 bits per heavy atom. The summed E-state index contributed by atoms with van der Waals surface area (Å²) in [4.78, 5) is 13.8. The standard InChI is InChI=1S/C18H22N2O3S/c1-2-20(17-11-7-4-8-12-17)18(21)15-19-24(22,23)14-13-16-9-5-3-6-10-16/h3-12,19H,2,13-15H2,1H3. The van der Waals surface area contributed by atoms with Crippen molar-refractivity contribution < 1.29 is 13.2 Å². The Morgan fingerprint density at radius 2 is 1.58 bits per heavy atom. The van der Waals surface area contributed by atoms with Crippen molar-refractivity contribution in [2.45, 2.75) is 13.3 Å². The fourth-order valence-corrected chi connectivity index (χ4v) is 3.34. The van der Waals surface area contributed by atoms with Crippen molar-refractivity contribution in [1.82, 2.24) is 4.72 Å². The average molecular weight is 346 g/mol. The van der Waals surface area contributed by atoms with Crippen LogP contribution in [0.2, 0.25) is 0 Å². The minimum Gasteiger partial charge on any atom is -0.312 e. The molecule has 0 fully saturated rings. The fourth-order valence-electron chi connectivity index (χ4n) is 2.35. The molecule has 0 unspecified atom stereocenters. The maximum Gasteiger partial charge on any atom is 0.242 e. The van der Waals surface area contributed by atoms with Gasteiger partial charge in [-0.1, -0.05) is 48.5 Å². The molecule has 6 heteroatoms. The Labute approximate surface area is 143 Å². The van der Waals surface area contributed by atoms with Gasteiger partial charge in [-0.15, -0.1) is 0 Å². The van der Waals surface area contributed by atoms with Crippen LogP contribution in [-0.2, 0) is 21.2 Å². The van der Waals surface area contributed by atoms with Crippen LogP contribution in [0.4, 0.5) is 5.69 Å². The largest absolute Gasteiger partial charge is 0.312 e. The minimum absolute atomic E-state index is 0.0399. The zero-order valence-electron chi connectivity index (χ0n) is 13.7. The summed E-state index contributed by atoms with van der Waals surface area (Å²) in [6.45, 7) is 2.10. The molecule has 0 aliphatic rings. The molecule has 1 amide bonds. The summed E-state index contributed by atoms with van der Waals surface area (Å²) < 4.78 is 26.5. The zero-order chi connectivity index (χ0) is 17.4. The van der Waals surface area contributed by atoms with E-state index in [2.05, 4.69) is 4.72 Å². The number of rotatable bonds is 8. The van der Waals surface area contributed by atoms with Gasteiger partial charge in [0.2, 0.25) is 15.9 Å². The van der Waals surface area contributed by atoms with Gasteiger partial charge in [-0.05, 0) is 31.0 Å². The van der Waals surface area contributed by atoms with Gasteiger partial charge < -0.3 is 4.90 Å². The predicted octanol–water partition coefficient (Wildman–Crippen LogP) is 2.20. The molecule has 0 heterocycles. The zero-order valence-corrected chi connectivity index (χ0v) is 14.5. The van der Waals surface area contributed by atoms with Crippen LogP contribution in [0, 0.1) is 0 Å². The monoisotopic (exact) mass is 346 g/mol. The van der Waals surface area contributed by atoms with Crippen molar-refractivity contribution in [3.8, 4) is 0 Å². The molecule has 0 radical (unpaired) electrons. The number of carbonyl (C=O) groups is 1. The predicted molar refractivity (Wildman–Crippen MR) is 96.4 cm³/mol. The highest BCUT2D eigenvalue weighted by atomic mass is 32.2. The first-order valence-electron chi connectivity index (χ1n) is 7.88. The van der Waals surface area contributed by atoms with Crippen LogP contribution in [0.1, 0.15) is 12.5 Å². The van der Waals surface area contributed by atoms with E-state index in [0.717, 1.165) is 11.3 Å². The molecule has 24 heavy (non-hydrogen) atoms. The molecule has 5 nitrogen and oxygen atoms in total. The van der Waals surface area contributed by atoms with Crippen molar-refractivity contribution >= 4 is 21.6 Å². The lowest BCUT2D eigenvalue weighted by molar-refractivity contribution is -0.117. The molecule has 2 rings (SSSR count). The second-order valence-electron chi connectivity index (χ2n) is 5.35. The lowest BCUT2D eigenvalue weighted by Gasteiger charge is -2.21. The van der Waals surface area contributed by atoms with Gasteiger partial charge in [-0.25, -0.2) is 13.1 Å². The van der Waals surface area contributed by atoms with Gasteiger partial charge >= 0.3 is 0 Å². The first kappa shape index (κ1) is 18.2. The van der Waals surface area contributed by atoms with E-state index in [1.54, 1.807) is 4.90 Å². The average Bonchev–Trinajstić information content (AvgIpc) is 2.61. The molecule has 2 aromatic rings. The van der Waals surface area contributed by atoms with E-state index in [9.17, 15) is 13.2 Å². The van der Waals surface area contributed by atoms with Crippen molar-refractivity contribution in [2.75, 3.05) is 23.7 Å². The SMILES string of the molecule is CCN(C(=O)CNS(=O)(=O)CCc1ccccc1)c1ccccc1. The van der Waals surface area contributed by atoms with Crippen LogP contribution in [-0.4, -0.2) is 33.2 Å². The Morgan fingerprint density at radius 1 is 1.00 bits per heavy atom. The van der Waals surface area contributed by atoms with E-state index < -0.39 is 10.0 Å². The molecule has 128 valence electrons. The Hall–Kier alpha value is -2.18. The number of hydrogen-bond acceptors (Lipinski definition) is 3. The van der Waals surface area contributed by atoms with E-state index in [0.29, 0.717) is 13.0 Å². The maximum absolute atomic E-state index is 12.3. The van der Waals surface area contributed by atoms with Crippen LogP contribution in [0.15, 0.2) is 60.7 Å². The Kier molecular flexibility index (Phi) is 6.52. The number of hydrogen-bond donors (Lipinski definition) is 1. The van der Waals surface area contributed by atoms with E-state index >= 15 is 0 Å². The summed E-state index contributed by atoms with van der Waals surface area (Å²) >= 11 is 0. The molecule has 2 aromatic carbocycles. The first-order valence-corrected chi connectivity index (χ1v) is 9.54. The van der Waals surface area contributed by atoms with Crippen LogP contribution in [0.5, 0.6) is 0 Å². The third kappa shape index (κ3) is 5.47. The number of benzene rings is 2. The number of para-hydroxylation sites is 1. The third-order valence-corrected chi connectivity index (χ3v) is 4.96. The molecule has 0 bridgehead atoms. The maximum atomic E-state index is 12.3. The molecule has 0 spiro atoms. The van der Waals surface area contributed by atoms with Crippen molar-refractivity contribution in [3.05, 3.63) is 66.2 Å². The van der Waals surface area contributed by atoms with Gasteiger partial charge in [0.1, 0.15) is 0 Å². The summed E-state index contributed by atoms with van der Waals surface area (Å²) in [6.07, 6.45) is 0.417. The number of likely N-dealkylation sites (N-methyl/N-ethyl adjacent to an activating group) is 1. The molecular formula is C18H22N2O3S. The minimum atomic E-state index is -3.50. The fraction of sp³-hybridized carbons (Fsp3) is 0.278. The Balaban J connectivity index is 1.89. The van der Waals surface area contributed by atoms with Crippen LogP contribution >= 0.6 is 0 Å². The Bertz CT molecular complexity index is 746. The summed E-state index contributed by atoms with van der Waals surface area (Å²) in [7, 11) is -3.50. The quantitative estimate of drug-likeness (QED) is 0.797. The van der Waals surface area contributed by atoms with E-state index in [1.807, 2.05) is 67.6 Å². The highest BCUT2D eigenvalue weighted by molar-refractivity contribution is 7.89. The molecule has 0 atom stereocenters. The highest BCUT2D eigenvalue weighted by Crippen LogP contribution is 2.12. The van der Waals surface area contributed by atoms with E-state index in [4.69, 9.17) is 0 Å². The highest BCUT2D eigenvalue weighted by Gasteiger charge is 2.17.